The molecule has 2 atom stereocenters. The first kappa shape index (κ1) is 12.5. The zero-order valence-corrected chi connectivity index (χ0v) is 9.82. The van der Waals surface area contributed by atoms with Crippen LogP contribution in [0.1, 0.15) is 24.8 Å². The van der Waals surface area contributed by atoms with E-state index in [9.17, 15) is 9.18 Å². The molecule has 0 bridgehead atoms. The molecule has 3 N–H and O–H groups in total. The van der Waals surface area contributed by atoms with Crippen LogP contribution in [-0.4, -0.2) is 11.9 Å². The quantitative estimate of drug-likeness (QED) is 0.835. The van der Waals surface area contributed by atoms with E-state index in [0.717, 1.165) is 19.3 Å². The molecule has 0 heterocycles. The highest BCUT2D eigenvalue weighted by Gasteiger charge is 2.30. The number of hydrogen-bond acceptors (Lipinski definition) is 3. The summed E-state index contributed by atoms with van der Waals surface area (Å²) < 4.78 is 13.1. The summed E-state index contributed by atoms with van der Waals surface area (Å²) in [5, 5.41) is 11.4. The third kappa shape index (κ3) is 2.49. The van der Waals surface area contributed by atoms with Crippen LogP contribution in [0, 0.1) is 23.1 Å². The largest absolute Gasteiger partial charge is 0.327 e. The Morgan fingerprint density at radius 3 is 2.89 bits per heavy atom. The van der Waals surface area contributed by atoms with Gasteiger partial charge in [0, 0.05) is 11.7 Å². The number of nitrogens with two attached hydrogens (primary N) is 1. The zero-order chi connectivity index (χ0) is 13.1. The number of nitrogens with zero attached hydrogens (tertiary/aromatic N) is 1. The number of nitriles is 1. The number of benzene rings is 1. The molecule has 1 aromatic rings. The monoisotopic (exact) mass is 247 g/mol. The molecule has 0 aromatic heterocycles. The highest BCUT2D eigenvalue weighted by Crippen LogP contribution is 2.25. The predicted molar refractivity (Wildman–Crippen MR) is 65.1 cm³/mol. The lowest BCUT2D eigenvalue weighted by atomic mass is 10.0. The Labute approximate surface area is 105 Å². The van der Waals surface area contributed by atoms with E-state index in [2.05, 4.69) is 5.32 Å². The maximum Gasteiger partial charge on any atom is 0.229 e. The van der Waals surface area contributed by atoms with E-state index in [1.807, 2.05) is 0 Å². The van der Waals surface area contributed by atoms with E-state index in [4.69, 9.17) is 11.0 Å². The van der Waals surface area contributed by atoms with E-state index in [0.29, 0.717) is 5.69 Å². The Hall–Kier alpha value is -1.93. The maximum atomic E-state index is 13.1. The molecule has 1 saturated carbocycles. The fourth-order valence-corrected chi connectivity index (χ4v) is 2.24. The Morgan fingerprint density at radius 1 is 1.50 bits per heavy atom. The van der Waals surface area contributed by atoms with E-state index in [1.165, 1.54) is 18.2 Å². The lowest BCUT2D eigenvalue weighted by Crippen LogP contribution is -2.34. The second kappa shape index (κ2) is 5.15. The average Bonchev–Trinajstić information content (AvgIpc) is 2.78. The van der Waals surface area contributed by atoms with Gasteiger partial charge in [0.05, 0.1) is 11.5 Å². The van der Waals surface area contributed by atoms with Crippen molar-refractivity contribution in [3.8, 4) is 6.07 Å². The maximum absolute atomic E-state index is 13.1. The van der Waals surface area contributed by atoms with Gasteiger partial charge in [-0.05, 0) is 31.0 Å². The number of carbonyl (C=O) groups is 1. The lowest BCUT2D eigenvalue weighted by Gasteiger charge is -2.15. The number of nitrogens with one attached hydrogen (secondary N) is 1. The minimum Gasteiger partial charge on any atom is -0.327 e. The molecule has 2 rings (SSSR count). The number of amides is 1. The van der Waals surface area contributed by atoms with Crippen molar-refractivity contribution in [2.75, 3.05) is 5.32 Å². The van der Waals surface area contributed by atoms with Gasteiger partial charge in [-0.1, -0.05) is 6.42 Å². The minimum absolute atomic E-state index is 0.0801. The second-order valence-corrected chi connectivity index (χ2v) is 4.50. The Bertz CT molecular complexity index is 509. The Morgan fingerprint density at radius 2 is 2.28 bits per heavy atom. The SMILES string of the molecule is N#Cc1cc(NC(=O)C2CCCC2N)ccc1F. The summed E-state index contributed by atoms with van der Waals surface area (Å²) in [6.45, 7) is 0. The van der Waals surface area contributed by atoms with Crippen molar-refractivity contribution < 1.29 is 9.18 Å². The number of rotatable bonds is 2. The van der Waals surface area contributed by atoms with Gasteiger partial charge < -0.3 is 11.1 Å². The Balaban J connectivity index is 2.10. The van der Waals surface area contributed by atoms with E-state index in [1.54, 1.807) is 6.07 Å². The van der Waals surface area contributed by atoms with Gasteiger partial charge in [-0.25, -0.2) is 4.39 Å². The van der Waals surface area contributed by atoms with Gasteiger partial charge in [-0.2, -0.15) is 5.26 Å². The highest BCUT2D eigenvalue weighted by atomic mass is 19.1. The van der Waals surface area contributed by atoms with Gasteiger partial charge in [-0.3, -0.25) is 4.79 Å². The molecule has 4 nitrogen and oxygen atoms in total. The molecule has 0 saturated heterocycles. The molecule has 1 fully saturated rings. The molecule has 1 aliphatic rings. The number of anilines is 1. The van der Waals surface area contributed by atoms with Crippen molar-refractivity contribution >= 4 is 11.6 Å². The van der Waals surface area contributed by atoms with Crippen LogP contribution in [0.25, 0.3) is 0 Å². The zero-order valence-electron chi connectivity index (χ0n) is 9.82. The van der Waals surface area contributed by atoms with Crippen LogP contribution >= 0.6 is 0 Å². The molecule has 5 heteroatoms. The van der Waals surface area contributed by atoms with Gasteiger partial charge in [0.25, 0.3) is 0 Å². The van der Waals surface area contributed by atoms with Crippen LogP contribution in [0.5, 0.6) is 0 Å². The molecule has 1 aromatic carbocycles. The first-order valence-corrected chi connectivity index (χ1v) is 5.88. The molecular weight excluding hydrogens is 233 g/mol. The topological polar surface area (TPSA) is 78.9 Å². The van der Waals surface area contributed by atoms with Gasteiger partial charge >= 0.3 is 0 Å². The van der Waals surface area contributed by atoms with Crippen molar-refractivity contribution in [2.24, 2.45) is 11.7 Å². The van der Waals surface area contributed by atoms with Crippen LogP contribution < -0.4 is 11.1 Å². The van der Waals surface area contributed by atoms with E-state index in [-0.39, 0.29) is 23.4 Å². The summed E-state index contributed by atoms with van der Waals surface area (Å²) in [6, 6.07) is 5.56. The molecular formula is C13H14FN3O. The fraction of sp³-hybridized carbons (Fsp3) is 0.385. The number of hydrogen-bond donors (Lipinski definition) is 2. The third-order valence-corrected chi connectivity index (χ3v) is 3.26. The van der Waals surface area contributed by atoms with Crippen molar-refractivity contribution in [1.29, 1.82) is 5.26 Å². The minimum atomic E-state index is -0.590. The number of halogens is 1. The molecule has 1 aliphatic carbocycles. The van der Waals surface area contributed by atoms with Crippen LogP contribution in [0.3, 0.4) is 0 Å². The van der Waals surface area contributed by atoms with Gasteiger partial charge in [0.2, 0.25) is 5.91 Å². The van der Waals surface area contributed by atoms with E-state index >= 15 is 0 Å². The van der Waals surface area contributed by atoms with Crippen LogP contribution in [0.15, 0.2) is 18.2 Å². The van der Waals surface area contributed by atoms with Crippen LogP contribution in [0.4, 0.5) is 10.1 Å². The molecule has 18 heavy (non-hydrogen) atoms. The van der Waals surface area contributed by atoms with Crippen molar-refractivity contribution in [1.82, 2.24) is 0 Å². The summed E-state index contributed by atoms with van der Waals surface area (Å²) in [6.07, 6.45) is 2.58. The first-order valence-electron chi connectivity index (χ1n) is 5.88. The first-order chi connectivity index (χ1) is 8.61. The van der Waals surface area contributed by atoms with Crippen LogP contribution in [-0.2, 0) is 4.79 Å². The van der Waals surface area contributed by atoms with Crippen LogP contribution in [0.2, 0.25) is 0 Å². The summed E-state index contributed by atoms with van der Waals surface area (Å²) in [5.41, 5.74) is 6.19. The smallest absolute Gasteiger partial charge is 0.229 e. The predicted octanol–water partition coefficient (Wildman–Crippen LogP) is 1.76. The lowest BCUT2D eigenvalue weighted by molar-refractivity contribution is -0.120. The van der Waals surface area contributed by atoms with Gasteiger partial charge in [0.1, 0.15) is 11.9 Å². The van der Waals surface area contributed by atoms with Crippen molar-refractivity contribution in [2.45, 2.75) is 25.3 Å². The van der Waals surface area contributed by atoms with Crippen molar-refractivity contribution in [3.05, 3.63) is 29.6 Å². The molecule has 0 spiro atoms. The van der Waals surface area contributed by atoms with E-state index < -0.39 is 5.82 Å². The summed E-state index contributed by atoms with van der Waals surface area (Å²) >= 11 is 0. The third-order valence-electron chi connectivity index (χ3n) is 3.26. The summed E-state index contributed by atoms with van der Waals surface area (Å²) in [4.78, 5) is 11.9. The van der Waals surface area contributed by atoms with Gasteiger partial charge in [-0.15, -0.1) is 0 Å². The van der Waals surface area contributed by atoms with Gasteiger partial charge in [0.15, 0.2) is 0 Å². The van der Waals surface area contributed by atoms with Crippen molar-refractivity contribution in [3.63, 3.8) is 0 Å². The summed E-state index contributed by atoms with van der Waals surface area (Å²) in [7, 11) is 0. The molecule has 2 unspecified atom stereocenters. The molecule has 0 aliphatic heterocycles. The fourth-order valence-electron chi connectivity index (χ4n) is 2.24. The normalized spacial score (nSPS) is 22.5. The standard InChI is InChI=1S/C13H14FN3O/c14-11-5-4-9(6-8(11)7-15)17-13(18)10-2-1-3-12(10)16/h4-6,10,12H,1-3,16H2,(H,17,18). The highest BCUT2D eigenvalue weighted by molar-refractivity contribution is 5.93. The number of carbonyl (C=O) groups excluding carboxylic acids is 1. The second-order valence-electron chi connectivity index (χ2n) is 4.50. The Kier molecular flexibility index (Phi) is 3.58. The summed E-state index contributed by atoms with van der Waals surface area (Å²) in [5.74, 6) is -0.941. The molecule has 0 radical (unpaired) electrons. The molecule has 94 valence electrons. The molecule has 1 amide bonds. The average molecular weight is 247 g/mol.